The average molecular weight is 277 g/mol. The Kier molecular flexibility index (Phi) is 5.80. The molecule has 0 saturated heterocycles. The lowest BCUT2D eigenvalue weighted by molar-refractivity contribution is 0.113. The highest BCUT2D eigenvalue weighted by atomic mass is 16.5. The summed E-state index contributed by atoms with van der Waals surface area (Å²) in [6.07, 6.45) is 8.58. The van der Waals surface area contributed by atoms with Crippen LogP contribution in [0.2, 0.25) is 0 Å². The van der Waals surface area contributed by atoms with E-state index < -0.39 is 0 Å². The number of nitrogens with zero attached hydrogens (tertiary/aromatic N) is 2. The Hall–Kier alpha value is -1.13. The molecule has 0 radical (unpaired) electrons. The first-order chi connectivity index (χ1) is 9.80. The smallest absolute Gasteiger partial charge is 0.212 e. The second kappa shape index (κ2) is 7.60. The molecule has 1 unspecified atom stereocenters. The van der Waals surface area contributed by atoms with Gasteiger partial charge in [0.25, 0.3) is 0 Å². The molecule has 1 aromatic rings. The van der Waals surface area contributed by atoms with E-state index in [1.807, 2.05) is 12.3 Å². The van der Waals surface area contributed by atoms with Crippen molar-refractivity contribution in [1.29, 1.82) is 0 Å². The summed E-state index contributed by atoms with van der Waals surface area (Å²) in [5.41, 5.74) is 7.25. The molecule has 1 aliphatic rings. The van der Waals surface area contributed by atoms with E-state index in [1.54, 1.807) is 7.11 Å². The molecule has 1 saturated carbocycles. The second-order valence-corrected chi connectivity index (χ2v) is 5.51. The van der Waals surface area contributed by atoms with Gasteiger partial charge in [0.15, 0.2) is 0 Å². The predicted octanol–water partition coefficient (Wildman–Crippen LogP) is 2.74. The monoisotopic (exact) mass is 277 g/mol. The molecule has 2 N–H and O–H groups in total. The van der Waals surface area contributed by atoms with Gasteiger partial charge in [0.05, 0.1) is 7.11 Å². The fourth-order valence-electron chi connectivity index (χ4n) is 3.32. The molecule has 0 aromatic carbocycles. The Bertz CT molecular complexity index is 387. The van der Waals surface area contributed by atoms with Gasteiger partial charge >= 0.3 is 0 Å². The molecular weight excluding hydrogens is 250 g/mol. The van der Waals surface area contributed by atoms with Crippen LogP contribution in [0.15, 0.2) is 18.3 Å². The van der Waals surface area contributed by atoms with E-state index in [0.717, 1.165) is 6.54 Å². The average Bonchev–Trinajstić information content (AvgIpc) is 2.53. The zero-order chi connectivity index (χ0) is 14.4. The van der Waals surface area contributed by atoms with E-state index in [2.05, 4.69) is 22.9 Å². The molecule has 1 atom stereocenters. The molecule has 0 bridgehead atoms. The van der Waals surface area contributed by atoms with E-state index in [1.165, 1.54) is 37.7 Å². The summed E-state index contributed by atoms with van der Waals surface area (Å²) in [6, 6.07) is 4.95. The van der Waals surface area contributed by atoms with Crippen molar-refractivity contribution in [3.63, 3.8) is 0 Å². The maximum atomic E-state index is 6.06. The predicted molar refractivity (Wildman–Crippen MR) is 81.8 cm³/mol. The topological polar surface area (TPSA) is 51.4 Å². The van der Waals surface area contributed by atoms with Gasteiger partial charge in [0.2, 0.25) is 5.88 Å². The third kappa shape index (κ3) is 3.49. The lowest BCUT2D eigenvalue weighted by atomic mass is 9.92. The molecule has 1 fully saturated rings. The van der Waals surface area contributed by atoms with Crippen LogP contribution in [0.4, 0.5) is 0 Å². The molecule has 20 heavy (non-hydrogen) atoms. The van der Waals surface area contributed by atoms with Crippen molar-refractivity contribution in [3.8, 4) is 5.88 Å². The fourth-order valence-corrected chi connectivity index (χ4v) is 3.32. The van der Waals surface area contributed by atoms with Gasteiger partial charge in [-0.3, -0.25) is 4.90 Å². The van der Waals surface area contributed by atoms with Crippen LogP contribution in [0.25, 0.3) is 0 Å². The summed E-state index contributed by atoms with van der Waals surface area (Å²) in [5.74, 6) is 0.658. The van der Waals surface area contributed by atoms with E-state index in [9.17, 15) is 0 Å². The first kappa shape index (κ1) is 15.3. The lowest BCUT2D eigenvalue weighted by Gasteiger charge is -2.39. The minimum absolute atomic E-state index is 0.265. The Morgan fingerprint density at radius 3 is 2.60 bits per heavy atom. The zero-order valence-corrected chi connectivity index (χ0v) is 12.7. The summed E-state index contributed by atoms with van der Waals surface area (Å²) in [5, 5.41) is 0. The van der Waals surface area contributed by atoms with E-state index in [0.29, 0.717) is 18.5 Å². The largest absolute Gasteiger partial charge is 0.481 e. The van der Waals surface area contributed by atoms with Crippen molar-refractivity contribution < 1.29 is 4.74 Å². The Morgan fingerprint density at radius 1 is 1.35 bits per heavy atom. The van der Waals surface area contributed by atoms with Gasteiger partial charge in [-0.1, -0.05) is 32.3 Å². The molecule has 0 aliphatic heterocycles. The third-order valence-electron chi connectivity index (χ3n) is 4.39. The van der Waals surface area contributed by atoms with Crippen LogP contribution in [0.5, 0.6) is 5.88 Å². The molecule has 1 aromatic heterocycles. The van der Waals surface area contributed by atoms with Gasteiger partial charge in [-0.15, -0.1) is 0 Å². The normalized spacial score (nSPS) is 18.2. The summed E-state index contributed by atoms with van der Waals surface area (Å²) in [7, 11) is 1.64. The molecule has 1 aliphatic carbocycles. The van der Waals surface area contributed by atoms with Crippen LogP contribution >= 0.6 is 0 Å². The SMILES string of the molecule is CCN(C1CCCCC1)C(CN)c1ccc(OC)nc1. The van der Waals surface area contributed by atoms with Crippen molar-refractivity contribution in [1.82, 2.24) is 9.88 Å². The van der Waals surface area contributed by atoms with Crippen molar-refractivity contribution >= 4 is 0 Å². The van der Waals surface area contributed by atoms with Gasteiger partial charge in [-0.05, 0) is 24.9 Å². The number of hydrogen-bond donors (Lipinski definition) is 1. The number of pyridine rings is 1. The number of aromatic nitrogens is 1. The van der Waals surface area contributed by atoms with Crippen molar-refractivity contribution in [3.05, 3.63) is 23.9 Å². The molecule has 0 spiro atoms. The number of hydrogen-bond acceptors (Lipinski definition) is 4. The summed E-state index contributed by atoms with van der Waals surface area (Å²) >= 11 is 0. The first-order valence-electron chi connectivity index (χ1n) is 7.75. The van der Waals surface area contributed by atoms with Crippen LogP contribution in [-0.2, 0) is 0 Å². The van der Waals surface area contributed by atoms with Gasteiger partial charge in [0, 0.05) is 30.9 Å². The molecule has 4 heteroatoms. The number of likely N-dealkylation sites (N-methyl/N-ethyl adjacent to an activating group) is 1. The van der Waals surface area contributed by atoms with Crippen molar-refractivity contribution in [2.75, 3.05) is 20.2 Å². The summed E-state index contributed by atoms with van der Waals surface area (Å²) < 4.78 is 5.13. The quantitative estimate of drug-likeness (QED) is 0.868. The summed E-state index contributed by atoms with van der Waals surface area (Å²) in [4.78, 5) is 6.88. The molecule has 1 heterocycles. The van der Waals surface area contributed by atoms with Crippen LogP contribution in [0.1, 0.15) is 50.6 Å². The summed E-state index contributed by atoms with van der Waals surface area (Å²) in [6.45, 7) is 3.91. The van der Waals surface area contributed by atoms with Gasteiger partial charge < -0.3 is 10.5 Å². The molecule has 112 valence electrons. The fraction of sp³-hybridized carbons (Fsp3) is 0.688. The number of nitrogens with two attached hydrogens (primary N) is 1. The van der Waals surface area contributed by atoms with Crippen LogP contribution < -0.4 is 10.5 Å². The second-order valence-electron chi connectivity index (χ2n) is 5.51. The molecule has 4 nitrogen and oxygen atoms in total. The van der Waals surface area contributed by atoms with E-state index in [4.69, 9.17) is 10.5 Å². The number of methoxy groups -OCH3 is 1. The minimum Gasteiger partial charge on any atom is -0.481 e. The zero-order valence-electron chi connectivity index (χ0n) is 12.7. The van der Waals surface area contributed by atoms with Gasteiger partial charge in [0.1, 0.15) is 0 Å². The molecule has 0 amide bonds. The van der Waals surface area contributed by atoms with E-state index >= 15 is 0 Å². The van der Waals surface area contributed by atoms with Gasteiger partial charge in [-0.25, -0.2) is 4.98 Å². The Morgan fingerprint density at radius 2 is 2.10 bits per heavy atom. The third-order valence-corrected chi connectivity index (χ3v) is 4.39. The van der Waals surface area contributed by atoms with Crippen LogP contribution in [0.3, 0.4) is 0 Å². The highest BCUT2D eigenvalue weighted by molar-refractivity contribution is 5.21. The maximum Gasteiger partial charge on any atom is 0.212 e. The first-order valence-corrected chi connectivity index (χ1v) is 7.75. The van der Waals surface area contributed by atoms with E-state index in [-0.39, 0.29) is 6.04 Å². The van der Waals surface area contributed by atoms with Crippen LogP contribution in [0, 0.1) is 0 Å². The standard InChI is InChI=1S/C16H27N3O/c1-3-19(14-7-5-4-6-8-14)15(11-17)13-9-10-16(20-2)18-12-13/h9-10,12,14-15H,3-8,11,17H2,1-2H3. The highest BCUT2D eigenvalue weighted by Crippen LogP contribution is 2.29. The van der Waals surface area contributed by atoms with Gasteiger partial charge in [-0.2, -0.15) is 0 Å². The lowest BCUT2D eigenvalue weighted by Crippen LogP contribution is -2.42. The Labute approximate surface area is 122 Å². The molecule has 2 rings (SSSR count). The maximum absolute atomic E-state index is 6.06. The van der Waals surface area contributed by atoms with Crippen molar-refractivity contribution in [2.24, 2.45) is 5.73 Å². The number of rotatable bonds is 6. The Balaban J connectivity index is 2.14. The molecular formula is C16H27N3O. The minimum atomic E-state index is 0.265. The van der Waals surface area contributed by atoms with Crippen molar-refractivity contribution in [2.45, 2.75) is 51.1 Å². The highest BCUT2D eigenvalue weighted by Gasteiger charge is 2.26. The number of ether oxygens (including phenoxy) is 1. The van der Waals surface area contributed by atoms with Crippen LogP contribution in [-0.4, -0.2) is 36.1 Å².